The van der Waals surface area contributed by atoms with E-state index in [0.29, 0.717) is 32.4 Å². The zero-order valence-corrected chi connectivity index (χ0v) is 33.2. The number of nitrogens with two attached hydrogens (primary N) is 3. The molecule has 2 aromatic rings. The van der Waals surface area contributed by atoms with E-state index in [9.17, 15) is 24.0 Å². The third-order valence-corrected chi connectivity index (χ3v) is 10.2. The molecule has 13 nitrogen and oxygen atoms in total. The molecule has 3 aliphatic rings. The second kappa shape index (κ2) is 24.2. The molecule has 3 heterocycles. The molecule has 0 saturated carbocycles. The maximum Gasteiger partial charge on any atom is 0.243 e. The van der Waals surface area contributed by atoms with Gasteiger partial charge in [-0.05, 0) is 82.0 Å². The molecule has 5 amide bonds. The molecule has 3 aliphatic heterocycles. The maximum absolute atomic E-state index is 13.5. The molecule has 0 spiro atoms. The minimum atomic E-state index is -0.879. The molecule has 55 heavy (non-hydrogen) atoms. The van der Waals surface area contributed by atoms with Gasteiger partial charge in [-0.3, -0.25) is 24.0 Å². The van der Waals surface area contributed by atoms with E-state index in [1.54, 1.807) is 0 Å². The molecular weight excluding hydrogens is 697 g/mol. The molecular formula is C42H66N8O5. The average Bonchev–Trinajstić information content (AvgIpc) is 3.17. The summed E-state index contributed by atoms with van der Waals surface area (Å²) in [5.74, 6) is -0.630. The van der Waals surface area contributed by atoms with Crippen molar-refractivity contribution < 1.29 is 24.0 Å². The fraction of sp³-hybridized carbons (Fsp3) is 0.595. The molecule has 6 atom stereocenters. The van der Waals surface area contributed by atoms with Gasteiger partial charge >= 0.3 is 0 Å². The number of nitrogens with one attached hydrogen (secondary N) is 3. The van der Waals surface area contributed by atoms with Crippen molar-refractivity contribution in [2.75, 3.05) is 26.2 Å². The van der Waals surface area contributed by atoms with Gasteiger partial charge in [-0.2, -0.15) is 0 Å². The highest BCUT2D eigenvalue weighted by atomic mass is 16.2. The number of amides is 5. The van der Waals surface area contributed by atoms with Crippen LogP contribution in [0.4, 0.5) is 0 Å². The Labute approximate surface area is 327 Å². The molecule has 0 aliphatic carbocycles. The van der Waals surface area contributed by atoms with Crippen molar-refractivity contribution in [2.45, 2.75) is 128 Å². The standard InChI is InChI=1S/C30H45N5O3.C12H21N3O2/c1-21(2)18-26(29(37)33-22(3)12-10-11-17-31)35-30(38)27(20-24-15-8-5-9-16-24)34-28(36)25(32)19-23-13-6-4-7-14-23;13-5-3-1-2-4-12(17)14-7-10-6-11(8-14)15(10)9-16/h4-9,13-16,21-22,25-27H,10-12,17-20,31-32H2,1-3H3,(H,33,37)(H,34,36)(H,35,38);9-11H,1-8,13H2. The monoisotopic (exact) mass is 763 g/mol. The fourth-order valence-electron chi connectivity index (χ4n) is 7.05. The van der Waals surface area contributed by atoms with E-state index in [0.717, 1.165) is 75.6 Å². The molecule has 9 N–H and O–H groups in total. The molecule has 5 rings (SSSR count). The predicted molar refractivity (Wildman–Crippen MR) is 216 cm³/mol. The van der Waals surface area contributed by atoms with Crippen LogP contribution in [0.15, 0.2) is 60.7 Å². The third-order valence-electron chi connectivity index (χ3n) is 10.2. The molecule has 0 aromatic heterocycles. The number of fused-ring (bicyclic) bond motifs is 2. The van der Waals surface area contributed by atoms with E-state index < -0.39 is 29.9 Å². The summed E-state index contributed by atoms with van der Waals surface area (Å²) >= 11 is 0. The Bertz CT molecular complexity index is 1450. The minimum Gasteiger partial charge on any atom is -0.352 e. The van der Waals surface area contributed by atoms with E-state index in [1.165, 1.54) is 0 Å². The first kappa shape index (κ1) is 45.1. The zero-order valence-electron chi connectivity index (χ0n) is 33.2. The number of rotatable bonds is 22. The van der Waals surface area contributed by atoms with Crippen molar-refractivity contribution in [3.05, 3.63) is 71.8 Å². The number of piperidine rings is 1. The van der Waals surface area contributed by atoms with Crippen LogP contribution in [0.25, 0.3) is 0 Å². The van der Waals surface area contributed by atoms with Crippen LogP contribution in [0, 0.1) is 5.92 Å². The van der Waals surface area contributed by atoms with Crippen LogP contribution in [-0.4, -0.2) is 102 Å². The van der Waals surface area contributed by atoms with Gasteiger partial charge in [0.05, 0.1) is 18.1 Å². The van der Waals surface area contributed by atoms with Gasteiger partial charge in [0.15, 0.2) is 0 Å². The Morgan fingerprint density at radius 1 is 0.727 bits per heavy atom. The Morgan fingerprint density at radius 3 is 1.84 bits per heavy atom. The van der Waals surface area contributed by atoms with Gasteiger partial charge in [0.25, 0.3) is 0 Å². The summed E-state index contributed by atoms with van der Waals surface area (Å²) < 4.78 is 0. The number of unbranched alkanes of at least 4 members (excludes halogenated alkanes) is 3. The van der Waals surface area contributed by atoms with E-state index in [1.807, 2.05) is 91.2 Å². The smallest absolute Gasteiger partial charge is 0.243 e. The summed E-state index contributed by atoms with van der Waals surface area (Å²) in [6.45, 7) is 8.74. The second-order valence-corrected chi connectivity index (χ2v) is 15.4. The first-order valence-corrected chi connectivity index (χ1v) is 20.1. The van der Waals surface area contributed by atoms with E-state index in [2.05, 4.69) is 16.0 Å². The van der Waals surface area contributed by atoms with Gasteiger partial charge in [-0.25, -0.2) is 0 Å². The Morgan fingerprint density at radius 2 is 1.27 bits per heavy atom. The summed E-state index contributed by atoms with van der Waals surface area (Å²) in [6.07, 6.45) is 9.32. The van der Waals surface area contributed by atoms with Crippen molar-refractivity contribution in [2.24, 2.45) is 23.1 Å². The Kier molecular flexibility index (Phi) is 19.9. The number of benzene rings is 2. The SMILES string of the molecule is CC(C)CC(NC(=O)C(Cc1ccccc1)NC(=O)C(N)Cc1ccccc1)C(=O)NC(C)CCCCN.NCCCCCC(=O)N1CC2CC(C1)N2C=O. The van der Waals surface area contributed by atoms with Crippen molar-refractivity contribution >= 4 is 30.0 Å². The average molecular weight is 763 g/mol. The summed E-state index contributed by atoms with van der Waals surface area (Å²) in [5.41, 5.74) is 19.0. The lowest BCUT2D eigenvalue weighted by Crippen LogP contribution is -2.68. The molecule has 0 radical (unpaired) electrons. The Balaban J connectivity index is 0.000000394. The summed E-state index contributed by atoms with van der Waals surface area (Å²) in [5, 5.41) is 8.77. The predicted octanol–water partition coefficient (Wildman–Crippen LogP) is 2.40. The number of nitrogens with zero attached hydrogens (tertiary/aromatic N) is 2. The van der Waals surface area contributed by atoms with Crippen LogP contribution in [0.3, 0.4) is 0 Å². The first-order valence-electron chi connectivity index (χ1n) is 20.1. The van der Waals surface area contributed by atoms with Gasteiger partial charge in [0.2, 0.25) is 30.0 Å². The van der Waals surface area contributed by atoms with Gasteiger partial charge in [0, 0.05) is 32.0 Å². The number of hydrogen-bond donors (Lipinski definition) is 6. The number of hydrogen-bond acceptors (Lipinski definition) is 8. The molecule has 3 saturated heterocycles. The van der Waals surface area contributed by atoms with Crippen LogP contribution >= 0.6 is 0 Å². The lowest BCUT2D eigenvalue weighted by atomic mass is 9.88. The van der Waals surface area contributed by atoms with Crippen LogP contribution < -0.4 is 33.2 Å². The summed E-state index contributed by atoms with van der Waals surface area (Å²) in [7, 11) is 0. The van der Waals surface area contributed by atoms with E-state index in [4.69, 9.17) is 17.2 Å². The van der Waals surface area contributed by atoms with Crippen molar-refractivity contribution in [3.8, 4) is 0 Å². The van der Waals surface area contributed by atoms with E-state index >= 15 is 0 Å². The van der Waals surface area contributed by atoms with Gasteiger partial charge in [-0.15, -0.1) is 0 Å². The summed E-state index contributed by atoms with van der Waals surface area (Å²) in [4.78, 5) is 66.0. The van der Waals surface area contributed by atoms with Gasteiger partial charge in [-0.1, -0.05) is 87.4 Å². The molecule has 13 heteroatoms. The molecule has 6 unspecified atom stereocenters. The molecule has 3 fully saturated rings. The largest absolute Gasteiger partial charge is 0.352 e. The first-order chi connectivity index (χ1) is 26.4. The molecule has 2 aromatic carbocycles. The lowest BCUT2D eigenvalue weighted by Gasteiger charge is -2.54. The normalized spacial score (nSPS) is 18.1. The molecule has 304 valence electrons. The second-order valence-electron chi connectivity index (χ2n) is 15.4. The topological polar surface area (TPSA) is 206 Å². The highest BCUT2D eigenvalue weighted by Crippen LogP contribution is 2.31. The summed E-state index contributed by atoms with van der Waals surface area (Å²) in [6, 6.07) is 17.1. The van der Waals surface area contributed by atoms with Gasteiger partial charge < -0.3 is 43.0 Å². The minimum absolute atomic E-state index is 0.0311. The van der Waals surface area contributed by atoms with Crippen LogP contribution in [0.1, 0.15) is 89.7 Å². The Hall–Kier alpha value is -4.33. The fourth-order valence-corrected chi connectivity index (χ4v) is 7.05. The van der Waals surface area contributed by atoms with Crippen molar-refractivity contribution in [3.63, 3.8) is 0 Å². The number of piperazine rings is 1. The van der Waals surface area contributed by atoms with Crippen LogP contribution in [0.2, 0.25) is 0 Å². The number of carbonyl (C=O) groups excluding carboxylic acids is 5. The van der Waals surface area contributed by atoms with E-state index in [-0.39, 0.29) is 42.3 Å². The lowest BCUT2D eigenvalue weighted by molar-refractivity contribution is -0.151. The quantitative estimate of drug-likeness (QED) is 0.0775. The zero-order chi connectivity index (χ0) is 40.2. The van der Waals surface area contributed by atoms with Crippen molar-refractivity contribution in [1.82, 2.24) is 25.8 Å². The highest BCUT2D eigenvalue weighted by molar-refractivity contribution is 5.93. The van der Waals surface area contributed by atoms with Crippen LogP contribution in [0.5, 0.6) is 0 Å². The molecule has 2 bridgehead atoms. The van der Waals surface area contributed by atoms with Crippen molar-refractivity contribution in [1.29, 1.82) is 0 Å². The van der Waals surface area contributed by atoms with Crippen LogP contribution in [-0.2, 0) is 36.8 Å². The van der Waals surface area contributed by atoms with Gasteiger partial charge in [0.1, 0.15) is 12.1 Å². The maximum atomic E-state index is 13.5. The highest BCUT2D eigenvalue weighted by Gasteiger charge is 2.44. The third kappa shape index (κ3) is 15.7. The number of carbonyl (C=O) groups is 5.